The van der Waals surface area contributed by atoms with Gasteiger partial charge in [-0.3, -0.25) is 4.79 Å². The van der Waals surface area contributed by atoms with Gasteiger partial charge in [0, 0.05) is 13.1 Å². The highest BCUT2D eigenvalue weighted by Crippen LogP contribution is 2.25. The second-order valence-corrected chi connectivity index (χ2v) is 6.96. The standard InChI is InChI=1S/C18H27N3O3/c1-14-11-21(12-15(2)24-14)18(23)13-19-7-9-20(10-8-19)16-5-3-4-6-17(16)22/h3-6,14-15,22H,7-13H2,1-2H3/p+1/t14-,15-/m1/s1. The van der Waals surface area contributed by atoms with E-state index >= 15 is 0 Å². The number of phenols is 1. The molecule has 6 nitrogen and oxygen atoms in total. The van der Waals surface area contributed by atoms with Crippen molar-refractivity contribution in [1.29, 1.82) is 0 Å². The van der Waals surface area contributed by atoms with E-state index in [1.165, 1.54) is 4.90 Å². The summed E-state index contributed by atoms with van der Waals surface area (Å²) in [7, 11) is 0. The second kappa shape index (κ2) is 7.40. The minimum Gasteiger partial charge on any atom is -0.506 e. The van der Waals surface area contributed by atoms with Gasteiger partial charge in [0.25, 0.3) is 5.91 Å². The molecule has 0 unspecified atom stereocenters. The van der Waals surface area contributed by atoms with Gasteiger partial charge in [0.2, 0.25) is 0 Å². The smallest absolute Gasteiger partial charge is 0.277 e. The summed E-state index contributed by atoms with van der Waals surface area (Å²) in [5.41, 5.74) is 0.888. The number of quaternary nitrogens is 1. The number of para-hydroxylation sites is 2. The molecule has 2 saturated heterocycles. The molecule has 6 heteroatoms. The Balaban J connectivity index is 1.50. The fraction of sp³-hybridized carbons (Fsp3) is 0.611. The fourth-order valence-corrected chi connectivity index (χ4v) is 3.68. The van der Waals surface area contributed by atoms with Crippen LogP contribution in [0.4, 0.5) is 5.69 Å². The first kappa shape index (κ1) is 17.0. The van der Waals surface area contributed by atoms with Gasteiger partial charge in [-0.05, 0) is 26.0 Å². The maximum atomic E-state index is 12.6. The minimum atomic E-state index is 0.116. The van der Waals surface area contributed by atoms with Gasteiger partial charge < -0.3 is 24.5 Å². The number of piperazine rings is 1. The number of benzene rings is 1. The van der Waals surface area contributed by atoms with Crippen LogP contribution in [0, 0.1) is 0 Å². The Bertz CT molecular complexity index is 562. The van der Waals surface area contributed by atoms with E-state index in [4.69, 9.17) is 4.74 Å². The van der Waals surface area contributed by atoms with Crippen molar-refractivity contribution >= 4 is 11.6 Å². The molecular formula is C18H28N3O3+. The van der Waals surface area contributed by atoms with Crippen molar-refractivity contribution < 1.29 is 19.5 Å². The fourth-order valence-electron chi connectivity index (χ4n) is 3.68. The SMILES string of the molecule is C[C@@H]1CN(C(=O)C[NH+]2CCN(c3ccccc3O)CC2)C[C@@H](C)O1. The molecule has 0 aromatic heterocycles. The number of rotatable bonds is 3. The Morgan fingerprint density at radius 1 is 1.21 bits per heavy atom. The van der Waals surface area contributed by atoms with Crippen LogP contribution >= 0.6 is 0 Å². The summed E-state index contributed by atoms with van der Waals surface area (Å²) in [5.74, 6) is 0.552. The van der Waals surface area contributed by atoms with Gasteiger partial charge in [-0.1, -0.05) is 12.1 Å². The molecule has 3 rings (SSSR count). The molecule has 1 aromatic carbocycles. The maximum Gasteiger partial charge on any atom is 0.277 e. The van der Waals surface area contributed by atoms with Crippen LogP contribution in [0.2, 0.25) is 0 Å². The molecule has 2 heterocycles. The van der Waals surface area contributed by atoms with Crippen molar-refractivity contribution in [3.8, 4) is 5.75 Å². The number of hydrogen-bond donors (Lipinski definition) is 2. The highest BCUT2D eigenvalue weighted by Gasteiger charge is 2.29. The van der Waals surface area contributed by atoms with Gasteiger partial charge in [-0.25, -0.2) is 0 Å². The zero-order valence-corrected chi connectivity index (χ0v) is 14.6. The lowest BCUT2D eigenvalue weighted by Gasteiger charge is -2.37. The van der Waals surface area contributed by atoms with Gasteiger partial charge in [-0.2, -0.15) is 0 Å². The summed E-state index contributed by atoms with van der Waals surface area (Å²) in [6, 6.07) is 7.45. The number of amides is 1. The Morgan fingerprint density at radius 3 is 2.46 bits per heavy atom. The molecule has 0 aliphatic carbocycles. The summed E-state index contributed by atoms with van der Waals surface area (Å²) < 4.78 is 5.70. The van der Waals surface area contributed by atoms with Crippen molar-refractivity contribution in [2.24, 2.45) is 0 Å². The van der Waals surface area contributed by atoms with Gasteiger partial charge in [0.05, 0.1) is 44.1 Å². The largest absolute Gasteiger partial charge is 0.506 e. The van der Waals surface area contributed by atoms with Crippen LogP contribution in [0.15, 0.2) is 24.3 Å². The second-order valence-electron chi connectivity index (χ2n) is 6.96. The van der Waals surface area contributed by atoms with Gasteiger partial charge in [-0.15, -0.1) is 0 Å². The first-order valence-corrected chi connectivity index (χ1v) is 8.82. The predicted molar refractivity (Wildman–Crippen MR) is 92.5 cm³/mol. The number of carbonyl (C=O) groups excluding carboxylic acids is 1. The number of ether oxygens (including phenoxy) is 1. The zero-order valence-electron chi connectivity index (χ0n) is 14.6. The van der Waals surface area contributed by atoms with Crippen molar-refractivity contribution in [3.63, 3.8) is 0 Å². The first-order chi connectivity index (χ1) is 11.5. The molecule has 0 saturated carbocycles. The van der Waals surface area contributed by atoms with Crippen LogP contribution < -0.4 is 9.80 Å². The molecule has 0 bridgehead atoms. The topological polar surface area (TPSA) is 57.5 Å². The van der Waals surface area contributed by atoms with E-state index in [2.05, 4.69) is 4.90 Å². The first-order valence-electron chi connectivity index (χ1n) is 8.82. The molecular weight excluding hydrogens is 306 g/mol. The van der Waals surface area contributed by atoms with Gasteiger partial charge in [0.15, 0.2) is 6.54 Å². The Hall–Kier alpha value is -1.79. The molecule has 2 fully saturated rings. The molecule has 0 radical (unpaired) electrons. The third-order valence-corrected chi connectivity index (χ3v) is 4.87. The third kappa shape index (κ3) is 3.99. The van der Waals surface area contributed by atoms with Crippen LogP contribution in [0.25, 0.3) is 0 Å². The van der Waals surface area contributed by atoms with Crippen molar-refractivity contribution in [1.82, 2.24) is 4.90 Å². The average Bonchev–Trinajstić information content (AvgIpc) is 2.55. The normalized spacial score (nSPS) is 25.8. The summed E-state index contributed by atoms with van der Waals surface area (Å²) in [5, 5.41) is 9.97. The Morgan fingerprint density at radius 2 is 1.83 bits per heavy atom. The molecule has 2 aliphatic heterocycles. The molecule has 2 aliphatic rings. The van der Waals surface area contributed by atoms with E-state index in [1.54, 1.807) is 6.07 Å². The summed E-state index contributed by atoms with van der Waals surface area (Å²) in [6.07, 6.45) is 0.233. The van der Waals surface area contributed by atoms with Gasteiger partial charge in [0.1, 0.15) is 5.75 Å². The van der Waals surface area contributed by atoms with Crippen LogP contribution in [0.5, 0.6) is 5.75 Å². The highest BCUT2D eigenvalue weighted by molar-refractivity contribution is 5.77. The summed E-state index contributed by atoms with van der Waals surface area (Å²) in [4.78, 5) is 18.0. The zero-order chi connectivity index (χ0) is 17.1. The number of nitrogens with one attached hydrogen (secondary N) is 1. The molecule has 2 N–H and O–H groups in total. The molecule has 2 atom stereocenters. The number of morpholine rings is 1. The van der Waals surface area contributed by atoms with E-state index < -0.39 is 0 Å². The van der Waals surface area contributed by atoms with Crippen LogP contribution in [-0.4, -0.2) is 73.9 Å². The third-order valence-electron chi connectivity index (χ3n) is 4.87. The Labute approximate surface area is 143 Å². The van der Waals surface area contributed by atoms with Crippen LogP contribution in [-0.2, 0) is 9.53 Å². The van der Waals surface area contributed by atoms with E-state index in [-0.39, 0.29) is 18.1 Å². The predicted octanol–water partition coefficient (Wildman–Crippen LogP) is -0.267. The van der Waals surface area contributed by atoms with E-state index in [0.29, 0.717) is 25.4 Å². The molecule has 0 spiro atoms. The molecule has 1 amide bonds. The van der Waals surface area contributed by atoms with Gasteiger partial charge >= 0.3 is 0 Å². The average molecular weight is 334 g/mol. The maximum absolute atomic E-state index is 12.6. The number of hydrogen-bond acceptors (Lipinski definition) is 4. The lowest BCUT2D eigenvalue weighted by molar-refractivity contribution is -0.892. The number of phenolic OH excluding ortho intramolecular Hbond substituents is 1. The number of carbonyl (C=O) groups is 1. The Kier molecular flexibility index (Phi) is 5.26. The van der Waals surface area contributed by atoms with Crippen molar-refractivity contribution in [2.75, 3.05) is 50.7 Å². The van der Waals surface area contributed by atoms with E-state index in [1.807, 2.05) is 36.9 Å². The summed E-state index contributed by atoms with van der Waals surface area (Å²) in [6.45, 7) is 9.52. The number of anilines is 1. The molecule has 24 heavy (non-hydrogen) atoms. The number of aromatic hydroxyl groups is 1. The molecule has 132 valence electrons. The van der Waals surface area contributed by atoms with Crippen LogP contribution in [0.3, 0.4) is 0 Å². The molecule has 1 aromatic rings. The van der Waals surface area contributed by atoms with Crippen molar-refractivity contribution in [3.05, 3.63) is 24.3 Å². The lowest BCUT2D eigenvalue weighted by Crippen LogP contribution is -3.16. The minimum absolute atomic E-state index is 0.116. The summed E-state index contributed by atoms with van der Waals surface area (Å²) >= 11 is 0. The number of nitrogens with zero attached hydrogens (tertiary/aromatic N) is 2. The van der Waals surface area contributed by atoms with E-state index in [9.17, 15) is 9.90 Å². The highest BCUT2D eigenvalue weighted by atomic mass is 16.5. The quantitative estimate of drug-likeness (QED) is 0.799. The van der Waals surface area contributed by atoms with E-state index in [0.717, 1.165) is 31.9 Å². The van der Waals surface area contributed by atoms with Crippen molar-refractivity contribution in [2.45, 2.75) is 26.1 Å². The lowest BCUT2D eigenvalue weighted by atomic mass is 10.2. The van der Waals surface area contributed by atoms with Crippen LogP contribution in [0.1, 0.15) is 13.8 Å². The monoisotopic (exact) mass is 334 g/mol.